The van der Waals surface area contributed by atoms with E-state index >= 15 is 0 Å². The summed E-state index contributed by atoms with van der Waals surface area (Å²) in [5, 5.41) is 11.0. The van der Waals surface area contributed by atoms with Gasteiger partial charge in [-0.3, -0.25) is 19.2 Å². The number of unbranched alkanes of at least 4 members (excludes halogenated alkanes) is 1. The van der Waals surface area contributed by atoms with Gasteiger partial charge in [-0.05, 0) is 73.0 Å². The van der Waals surface area contributed by atoms with Crippen molar-refractivity contribution in [3.05, 3.63) is 0 Å². The molecule has 51 heavy (non-hydrogen) atoms. The van der Waals surface area contributed by atoms with Gasteiger partial charge in [-0.25, -0.2) is 13.2 Å². The summed E-state index contributed by atoms with van der Waals surface area (Å²) in [5.41, 5.74) is -2.06. The third-order valence-corrected chi connectivity index (χ3v) is 15.0. The number of fused-ring (bicyclic) bond motifs is 1. The summed E-state index contributed by atoms with van der Waals surface area (Å²) in [6.07, 6.45) is 8.15. The monoisotopic (exact) mass is 733 g/mol. The Hall–Kier alpha value is -2.70. The molecule has 0 unspecified atom stereocenters. The molecule has 6 atom stereocenters. The van der Waals surface area contributed by atoms with Crippen molar-refractivity contribution in [1.82, 2.24) is 26.2 Å². The Morgan fingerprint density at radius 1 is 0.922 bits per heavy atom. The van der Waals surface area contributed by atoms with Gasteiger partial charge < -0.3 is 26.2 Å². The van der Waals surface area contributed by atoms with E-state index in [0.29, 0.717) is 45.1 Å². The van der Waals surface area contributed by atoms with Gasteiger partial charge in [0.25, 0.3) is 5.91 Å². The summed E-state index contributed by atoms with van der Waals surface area (Å²) >= 11 is 0. The van der Waals surface area contributed by atoms with Crippen LogP contribution in [-0.2, 0) is 29.0 Å². The first-order valence-electron chi connectivity index (χ1n) is 19.4. The van der Waals surface area contributed by atoms with Crippen molar-refractivity contribution in [1.29, 1.82) is 0 Å². The van der Waals surface area contributed by atoms with Gasteiger partial charge in [0.2, 0.25) is 17.6 Å². The zero-order valence-corrected chi connectivity index (χ0v) is 33.0. The lowest BCUT2D eigenvalue weighted by Gasteiger charge is -2.48. The quantitative estimate of drug-likeness (QED) is 0.220. The van der Waals surface area contributed by atoms with Crippen molar-refractivity contribution in [2.75, 3.05) is 12.3 Å². The Balaban J connectivity index is 1.36. The number of hydrogen-bond acceptors (Lipinski definition) is 7. The van der Waals surface area contributed by atoms with Crippen LogP contribution in [0.2, 0.25) is 0 Å². The van der Waals surface area contributed by atoms with Crippen LogP contribution < -0.4 is 21.3 Å². The Morgan fingerprint density at radius 2 is 1.57 bits per heavy atom. The second-order valence-corrected chi connectivity index (χ2v) is 21.1. The van der Waals surface area contributed by atoms with Gasteiger partial charge in [0, 0.05) is 12.6 Å². The molecule has 5 rings (SSSR count). The average molecular weight is 734 g/mol. The largest absolute Gasteiger partial charge is 0.347 e. The molecule has 2 heterocycles. The number of hydrogen-bond donors (Lipinski definition) is 4. The fourth-order valence-corrected chi connectivity index (χ4v) is 11.9. The fourth-order valence-electron chi connectivity index (χ4n) is 9.14. The number of nitrogens with zero attached hydrogens (tertiary/aromatic N) is 1. The number of likely N-dealkylation sites (tertiary alicyclic amines) is 1. The summed E-state index contributed by atoms with van der Waals surface area (Å²) in [6, 6.07) is -3.46. The molecule has 0 bridgehead atoms. The fraction of sp³-hybridized carbons (Fsp3) is 0.868. The molecule has 5 aliphatic rings. The zero-order valence-electron chi connectivity index (χ0n) is 32.2. The predicted octanol–water partition coefficient (Wildman–Crippen LogP) is 4.01. The molecule has 0 spiro atoms. The van der Waals surface area contributed by atoms with Crippen LogP contribution in [0.15, 0.2) is 0 Å². The Kier molecular flexibility index (Phi) is 11.1. The van der Waals surface area contributed by atoms with E-state index in [1.165, 1.54) is 0 Å². The molecule has 0 aromatic rings. The standard InChI is InChI=1S/C38H63N5O7S/c1-9-10-14-25(29(44)32(46)39-23-15-16-23)40-31(45)28-27-24(37(27,7)8)22-43(28)33(47)30(35(2,3)4)41-34(48)42-38(17-12-11-13-18-38)26-21-36(5,6)19-20-51(26,49)50/h23-28,30H,9-22H2,1-8H3,(H,39,46)(H,40,45)(H2,41,42,48)/t24-,25-,26+,27-,28-,30+/m0/s1. The molecule has 2 saturated heterocycles. The smallest absolute Gasteiger partial charge is 0.315 e. The SMILES string of the molecule is CCCC[C@H](NC(=O)[C@@H]1[C@@H]2[C@H](CN1C(=O)[C@@H](NC(=O)NC1([C@H]3CC(C)(C)CCS3(=O)=O)CCCCC1)C(C)(C)C)C2(C)C)C(=O)C(=O)NC1CC1. The number of sulfone groups is 1. The summed E-state index contributed by atoms with van der Waals surface area (Å²) in [7, 11) is -3.46. The lowest BCUT2D eigenvalue weighted by atomic mass is 9.73. The minimum absolute atomic E-state index is 0.00544. The molecule has 5 fully saturated rings. The number of rotatable bonds is 12. The molecule has 2 aliphatic heterocycles. The van der Waals surface area contributed by atoms with Crippen LogP contribution in [-0.4, -0.2) is 90.1 Å². The molecule has 13 heteroatoms. The molecular weight excluding hydrogens is 671 g/mol. The highest BCUT2D eigenvalue weighted by atomic mass is 32.2. The normalized spacial score (nSPS) is 29.8. The van der Waals surface area contributed by atoms with Gasteiger partial charge in [-0.2, -0.15) is 0 Å². The third kappa shape index (κ3) is 8.43. The van der Waals surface area contributed by atoms with Crippen LogP contribution in [0.4, 0.5) is 4.79 Å². The van der Waals surface area contributed by atoms with E-state index in [4.69, 9.17) is 0 Å². The number of carbonyl (C=O) groups excluding carboxylic acids is 5. The molecule has 0 radical (unpaired) electrons. The summed E-state index contributed by atoms with van der Waals surface area (Å²) in [4.78, 5) is 70.3. The van der Waals surface area contributed by atoms with E-state index in [1.54, 1.807) is 4.90 Å². The predicted molar refractivity (Wildman–Crippen MR) is 195 cm³/mol. The molecule has 0 aromatic carbocycles. The van der Waals surface area contributed by atoms with Crippen molar-refractivity contribution in [3.8, 4) is 0 Å². The molecule has 5 amide bonds. The number of nitrogens with one attached hydrogen (secondary N) is 4. The van der Waals surface area contributed by atoms with Crippen LogP contribution in [0.1, 0.15) is 132 Å². The highest BCUT2D eigenvalue weighted by molar-refractivity contribution is 7.92. The van der Waals surface area contributed by atoms with Gasteiger partial charge in [0.1, 0.15) is 12.1 Å². The summed E-state index contributed by atoms with van der Waals surface area (Å²) < 4.78 is 27.1. The van der Waals surface area contributed by atoms with Crippen molar-refractivity contribution in [3.63, 3.8) is 0 Å². The van der Waals surface area contributed by atoms with Gasteiger partial charge in [0.05, 0.1) is 22.6 Å². The van der Waals surface area contributed by atoms with Crippen molar-refractivity contribution in [2.45, 2.75) is 167 Å². The van der Waals surface area contributed by atoms with Crippen molar-refractivity contribution >= 4 is 39.4 Å². The molecule has 12 nitrogen and oxygen atoms in total. The molecule has 0 aromatic heterocycles. The van der Waals surface area contributed by atoms with Crippen LogP contribution in [0, 0.1) is 28.1 Å². The minimum Gasteiger partial charge on any atom is -0.347 e. The number of amides is 5. The van der Waals surface area contributed by atoms with Crippen LogP contribution in [0.3, 0.4) is 0 Å². The molecular formula is C38H63N5O7S. The Bertz CT molecular complexity index is 1490. The first-order chi connectivity index (χ1) is 23.6. The van der Waals surface area contributed by atoms with Crippen LogP contribution in [0.25, 0.3) is 0 Å². The van der Waals surface area contributed by atoms with Crippen LogP contribution >= 0.6 is 0 Å². The van der Waals surface area contributed by atoms with E-state index in [1.807, 2.05) is 27.7 Å². The lowest BCUT2D eigenvalue weighted by Crippen LogP contribution is -2.66. The topological polar surface area (TPSA) is 171 Å². The molecule has 3 aliphatic carbocycles. The highest BCUT2D eigenvalue weighted by Crippen LogP contribution is 2.65. The maximum Gasteiger partial charge on any atom is 0.315 e. The first kappa shape index (κ1) is 39.5. The Morgan fingerprint density at radius 3 is 2.16 bits per heavy atom. The first-order valence-corrected chi connectivity index (χ1v) is 21.1. The Labute approximate surface area is 305 Å². The van der Waals surface area contributed by atoms with Crippen molar-refractivity contribution in [2.24, 2.45) is 28.1 Å². The van der Waals surface area contributed by atoms with Gasteiger partial charge in [-0.1, -0.05) is 87.5 Å². The molecule has 3 saturated carbocycles. The second kappa shape index (κ2) is 14.3. The van der Waals surface area contributed by atoms with Crippen molar-refractivity contribution < 1.29 is 32.4 Å². The maximum atomic E-state index is 14.6. The number of carbonyl (C=O) groups is 5. The van der Waals surface area contributed by atoms with E-state index in [0.717, 1.165) is 38.5 Å². The summed E-state index contributed by atoms with van der Waals surface area (Å²) in [6.45, 7) is 16.2. The number of urea groups is 1. The van der Waals surface area contributed by atoms with Gasteiger partial charge >= 0.3 is 6.03 Å². The second-order valence-electron chi connectivity index (χ2n) is 18.8. The van der Waals surface area contributed by atoms with E-state index in [-0.39, 0.29) is 34.5 Å². The number of Topliss-reactive ketones (excluding diaryl/α,β-unsaturated/α-hetero) is 1. The van der Waals surface area contributed by atoms with E-state index < -0.39 is 73.7 Å². The average Bonchev–Trinajstić information content (AvgIpc) is 3.89. The highest BCUT2D eigenvalue weighted by Gasteiger charge is 2.70. The van der Waals surface area contributed by atoms with Gasteiger partial charge in [-0.15, -0.1) is 0 Å². The maximum absolute atomic E-state index is 14.6. The van der Waals surface area contributed by atoms with Gasteiger partial charge in [0.15, 0.2) is 9.84 Å². The lowest BCUT2D eigenvalue weighted by molar-refractivity contribution is -0.145. The third-order valence-electron chi connectivity index (χ3n) is 12.7. The number of ketones is 1. The van der Waals surface area contributed by atoms with Crippen LogP contribution in [0.5, 0.6) is 0 Å². The van der Waals surface area contributed by atoms with E-state index in [2.05, 4.69) is 49.0 Å². The zero-order chi connectivity index (χ0) is 37.7. The molecule has 4 N–H and O–H groups in total. The number of piperidine rings is 1. The summed E-state index contributed by atoms with van der Waals surface area (Å²) in [5.74, 6) is -2.19. The minimum atomic E-state index is -3.46. The molecule has 288 valence electrons. The van der Waals surface area contributed by atoms with E-state index in [9.17, 15) is 32.4 Å².